The van der Waals surface area contributed by atoms with E-state index in [9.17, 15) is 9.59 Å². The van der Waals surface area contributed by atoms with Gasteiger partial charge in [0.15, 0.2) is 0 Å². The predicted octanol–water partition coefficient (Wildman–Crippen LogP) is 2.53. The molecule has 0 aromatic rings. The van der Waals surface area contributed by atoms with Crippen molar-refractivity contribution < 1.29 is 9.59 Å². The first-order valence-corrected chi connectivity index (χ1v) is 4.73. The second kappa shape index (κ2) is 5.68. The van der Waals surface area contributed by atoms with Gasteiger partial charge >= 0.3 is 0 Å². The Labute approximate surface area is 80.0 Å². The van der Waals surface area contributed by atoms with E-state index in [0.29, 0.717) is 0 Å². The van der Waals surface area contributed by atoms with Crippen molar-refractivity contribution in [1.29, 1.82) is 0 Å². The lowest BCUT2D eigenvalue weighted by Gasteiger charge is -2.07. The molecule has 0 aliphatic heterocycles. The van der Waals surface area contributed by atoms with Gasteiger partial charge in [-0.05, 0) is 26.7 Å². The fourth-order valence-electron chi connectivity index (χ4n) is 1.24. The fraction of sp³-hybridized carbons (Fsp3) is 0.636. The van der Waals surface area contributed by atoms with Gasteiger partial charge in [-0.25, -0.2) is 0 Å². The summed E-state index contributed by atoms with van der Waals surface area (Å²) in [6.07, 6.45) is 3.63. The quantitative estimate of drug-likeness (QED) is 0.483. The summed E-state index contributed by atoms with van der Waals surface area (Å²) in [6.45, 7) is 7.00. The van der Waals surface area contributed by atoms with E-state index >= 15 is 0 Å². The maximum absolute atomic E-state index is 11.1. The third-order valence-corrected chi connectivity index (χ3v) is 2.19. The van der Waals surface area contributed by atoms with Gasteiger partial charge in [-0.2, -0.15) is 0 Å². The first-order valence-electron chi connectivity index (χ1n) is 4.73. The maximum Gasteiger partial charge on any atom is 0.144 e. The standard InChI is InChI=1S/C11H18O2/c1-5-10(6-2)7-11(8(3)12)9(4)13/h7,11H,5-6H2,1-4H3. The Morgan fingerprint density at radius 1 is 1.08 bits per heavy atom. The first-order chi connectivity index (χ1) is 6.02. The number of allylic oxidation sites excluding steroid dienone is 2. The van der Waals surface area contributed by atoms with Crippen LogP contribution in [0.3, 0.4) is 0 Å². The normalized spacial score (nSPS) is 9.92. The largest absolute Gasteiger partial charge is 0.299 e. The molecule has 0 unspecified atom stereocenters. The van der Waals surface area contributed by atoms with Crippen molar-refractivity contribution in [3.8, 4) is 0 Å². The highest BCUT2D eigenvalue weighted by molar-refractivity contribution is 6.02. The Morgan fingerprint density at radius 3 is 1.69 bits per heavy atom. The Hall–Kier alpha value is -0.920. The van der Waals surface area contributed by atoms with Crippen LogP contribution < -0.4 is 0 Å². The van der Waals surface area contributed by atoms with Crippen LogP contribution in [0, 0.1) is 5.92 Å². The van der Waals surface area contributed by atoms with E-state index < -0.39 is 5.92 Å². The average molecular weight is 182 g/mol. The Morgan fingerprint density at radius 2 is 1.46 bits per heavy atom. The van der Waals surface area contributed by atoms with Crippen molar-refractivity contribution in [1.82, 2.24) is 0 Å². The highest BCUT2D eigenvalue weighted by Gasteiger charge is 2.16. The summed E-state index contributed by atoms with van der Waals surface area (Å²) < 4.78 is 0. The summed E-state index contributed by atoms with van der Waals surface area (Å²) in [5, 5.41) is 0. The molecule has 13 heavy (non-hydrogen) atoms. The van der Waals surface area contributed by atoms with Gasteiger partial charge < -0.3 is 0 Å². The Balaban J connectivity index is 4.66. The summed E-state index contributed by atoms with van der Waals surface area (Å²) in [5.41, 5.74) is 1.18. The molecule has 0 aromatic heterocycles. The highest BCUT2D eigenvalue weighted by atomic mass is 16.1. The zero-order valence-corrected chi connectivity index (χ0v) is 8.89. The lowest BCUT2D eigenvalue weighted by Crippen LogP contribution is -2.17. The van der Waals surface area contributed by atoms with E-state index in [1.165, 1.54) is 19.4 Å². The molecule has 0 saturated carbocycles. The molecule has 0 rings (SSSR count). The Kier molecular flexibility index (Phi) is 5.28. The average Bonchev–Trinajstić information content (AvgIpc) is 2.05. The van der Waals surface area contributed by atoms with Crippen LogP contribution in [0.15, 0.2) is 11.6 Å². The van der Waals surface area contributed by atoms with E-state index in [1.807, 2.05) is 19.9 Å². The van der Waals surface area contributed by atoms with E-state index in [-0.39, 0.29) is 11.6 Å². The number of rotatable bonds is 5. The molecule has 74 valence electrons. The van der Waals surface area contributed by atoms with Crippen LogP contribution in [-0.2, 0) is 9.59 Å². The van der Waals surface area contributed by atoms with Gasteiger partial charge in [-0.1, -0.05) is 25.5 Å². The molecule has 0 atom stereocenters. The van der Waals surface area contributed by atoms with E-state index in [0.717, 1.165) is 12.8 Å². The lowest BCUT2D eigenvalue weighted by molar-refractivity contribution is -0.128. The number of hydrogen-bond acceptors (Lipinski definition) is 2. The van der Waals surface area contributed by atoms with Gasteiger partial charge in [0, 0.05) is 0 Å². The zero-order valence-electron chi connectivity index (χ0n) is 8.89. The van der Waals surface area contributed by atoms with Crippen LogP contribution in [0.2, 0.25) is 0 Å². The zero-order chi connectivity index (χ0) is 10.4. The lowest BCUT2D eigenvalue weighted by atomic mass is 9.96. The molecule has 0 saturated heterocycles. The summed E-state index contributed by atoms with van der Waals surface area (Å²) in [7, 11) is 0. The van der Waals surface area contributed by atoms with Crippen LogP contribution in [-0.4, -0.2) is 11.6 Å². The fourth-order valence-corrected chi connectivity index (χ4v) is 1.24. The SMILES string of the molecule is CCC(=CC(C(C)=O)C(C)=O)CC. The molecule has 0 N–H and O–H groups in total. The molecule has 0 aromatic carbocycles. The summed E-state index contributed by atoms with van der Waals surface area (Å²) in [5.74, 6) is -0.645. The molecule has 0 heterocycles. The molecule has 0 aliphatic carbocycles. The minimum atomic E-state index is -0.519. The van der Waals surface area contributed by atoms with E-state index in [4.69, 9.17) is 0 Å². The predicted molar refractivity (Wildman–Crippen MR) is 53.5 cm³/mol. The van der Waals surface area contributed by atoms with E-state index in [2.05, 4.69) is 0 Å². The van der Waals surface area contributed by atoms with Crippen LogP contribution >= 0.6 is 0 Å². The third kappa shape index (κ3) is 4.02. The number of Topliss-reactive ketones (excluding diaryl/α,β-unsaturated/α-hetero) is 2. The van der Waals surface area contributed by atoms with E-state index in [1.54, 1.807) is 0 Å². The number of carbonyl (C=O) groups excluding carboxylic acids is 2. The molecule has 0 aliphatic rings. The van der Waals surface area contributed by atoms with Crippen LogP contribution in [0.25, 0.3) is 0 Å². The monoisotopic (exact) mass is 182 g/mol. The molecular formula is C11H18O2. The van der Waals surface area contributed by atoms with Crippen molar-refractivity contribution in [2.75, 3.05) is 0 Å². The topological polar surface area (TPSA) is 34.1 Å². The minimum Gasteiger partial charge on any atom is -0.299 e. The van der Waals surface area contributed by atoms with Crippen molar-refractivity contribution in [2.45, 2.75) is 40.5 Å². The van der Waals surface area contributed by atoms with Crippen LogP contribution in [0.1, 0.15) is 40.5 Å². The van der Waals surface area contributed by atoms with Gasteiger partial charge in [0.1, 0.15) is 11.6 Å². The van der Waals surface area contributed by atoms with Crippen molar-refractivity contribution in [3.63, 3.8) is 0 Å². The van der Waals surface area contributed by atoms with Crippen LogP contribution in [0.5, 0.6) is 0 Å². The molecule has 0 bridgehead atoms. The smallest absolute Gasteiger partial charge is 0.144 e. The van der Waals surface area contributed by atoms with Gasteiger partial charge in [0.05, 0.1) is 5.92 Å². The van der Waals surface area contributed by atoms with Crippen molar-refractivity contribution in [2.24, 2.45) is 5.92 Å². The summed E-state index contributed by atoms with van der Waals surface area (Å²) >= 11 is 0. The first kappa shape index (κ1) is 12.1. The number of hydrogen-bond donors (Lipinski definition) is 0. The van der Waals surface area contributed by atoms with Gasteiger partial charge in [-0.3, -0.25) is 9.59 Å². The highest BCUT2D eigenvalue weighted by Crippen LogP contribution is 2.12. The molecular weight excluding hydrogens is 164 g/mol. The second-order valence-corrected chi connectivity index (χ2v) is 3.23. The molecule has 2 nitrogen and oxygen atoms in total. The van der Waals surface area contributed by atoms with Crippen LogP contribution in [0.4, 0.5) is 0 Å². The molecule has 0 radical (unpaired) electrons. The molecule has 2 heteroatoms. The number of ketones is 2. The third-order valence-electron chi connectivity index (χ3n) is 2.19. The van der Waals surface area contributed by atoms with Gasteiger partial charge in [0.2, 0.25) is 0 Å². The Bertz CT molecular complexity index is 206. The second-order valence-electron chi connectivity index (χ2n) is 3.23. The summed E-state index contributed by atoms with van der Waals surface area (Å²) in [4.78, 5) is 22.2. The minimum absolute atomic E-state index is 0.0631. The van der Waals surface area contributed by atoms with Crippen molar-refractivity contribution >= 4 is 11.6 Å². The van der Waals surface area contributed by atoms with Gasteiger partial charge in [-0.15, -0.1) is 0 Å². The van der Waals surface area contributed by atoms with Gasteiger partial charge in [0.25, 0.3) is 0 Å². The summed E-state index contributed by atoms with van der Waals surface area (Å²) in [6, 6.07) is 0. The molecule has 0 fully saturated rings. The van der Waals surface area contributed by atoms with Crippen molar-refractivity contribution in [3.05, 3.63) is 11.6 Å². The molecule has 0 spiro atoms. The number of carbonyl (C=O) groups is 2. The maximum atomic E-state index is 11.1. The molecule has 0 amide bonds.